The fourth-order valence-electron chi connectivity index (χ4n) is 2.51. The molecule has 120 valence electrons. The summed E-state index contributed by atoms with van der Waals surface area (Å²) in [6.07, 6.45) is 0. The van der Waals surface area contributed by atoms with Gasteiger partial charge in [-0.2, -0.15) is 0 Å². The molecule has 1 heterocycles. The maximum absolute atomic E-state index is 12.7. The lowest BCUT2D eigenvalue weighted by molar-refractivity contribution is -0.147. The number of likely N-dealkylation sites (N-methyl/N-ethyl adjacent to an activating group) is 1. The second kappa shape index (κ2) is 6.48. The van der Waals surface area contributed by atoms with Gasteiger partial charge in [0.25, 0.3) is 0 Å². The van der Waals surface area contributed by atoms with Crippen LogP contribution in [0.15, 0.2) is 24.3 Å². The van der Waals surface area contributed by atoms with Gasteiger partial charge < -0.3 is 15.1 Å². The third kappa shape index (κ3) is 3.65. The lowest BCUT2D eigenvalue weighted by Gasteiger charge is -2.36. The van der Waals surface area contributed by atoms with Crippen LogP contribution < -0.4 is 5.32 Å². The van der Waals surface area contributed by atoms with Gasteiger partial charge >= 0.3 is 0 Å². The summed E-state index contributed by atoms with van der Waals surface area (Å²) in [6, 6.07) is 7.59. The largest absolute Gasteiger partial charge is 0.339 e. The summed E-state index contributed by atoms with van der Waals surface area (Å²) in [6.45, 7) is 8.41. The molecule has 5 heteroatoms. The van der Waals surface area contributed by atoms with Crippen LogP contribution in [-0.4, -0.2) is 54.8 Å². The predicted molar refractivity (Wildman–Crippen MR) is 87.7 cm³/mol. The standard InChI is InChI=1S/C17H25N3O2/c1-13-6-5-7-14(12-13)18-15(21)17(2,3)16(22)20-10-8-19(4)9-11-20/h5-7,12H,8-11H2,1-4H3,(H,18,21). The van der Waals surface area contributed by atoms with E-state index in [0.717, 1.165) is 24.3 Å². The highest BCUT2D eigenvalue weighted by Crippen LogP contribution is 2.23. The molecular formula is C17H25N3O2. The minimum absolute atomic E-state index is 0.106. The summed E-state index contributed by atoms with van der Waals surface area (Å²) < 4.78 is 0. The Morgan fingerprint density at radius 3 is 2.36 bits per heavy atom. The van der Waals surface area contributed by atoms with Gasteiger partial charge in [0, 0.05) is 31.9 Å². The number of benzene rings is 1. The molecule has 0 aliphatic carbocycles. The van der Waals surface area contributed by atoms with Crippen molar-refractivity contribution in [1.29, 1.82) is 0 Å². The zero-order valence-electron chi connectivity index (χ0n) is 13.8. The highest BCUT2D eigenvalue weighted by molar-refractivity contribution is 6.09. The van der Waals surface area contributed by atoms with E-state index < -0.39 is 5.41 Å². The Morgan fingerprint density at radius 2 is 1.77 bits per heavy atom. The maximum Gasteiger partial charge on any atom is 0.239 e. The smallest absolute Gasteiger partial charge is 0.239 e. The van der Waals surface area contributed by atoms with Crippen molar-refractivity contribution in [3.63, 3.8) is 0 Å². The number of carbonyl (C=O) groups excluding carboxylic acids is 2. The van der Waals surface area contributed by atoms with Crippen LogP contribution >= 0.6 is 0 Å². The van der Waals surface area contributed by atoms with E-state index in [2.05, 4.69) is 10.2 Å². The van der Waals surface area contributed by atoms with E-state index in [4.69, 9.17) is 0 Å². The van der Waals surface area contributed by atoms with Gasteiger partial charge in [-0.05, 0) is 45.5 Å². The number of rotatable bonds is 3. The molecule has 5 nitrogen and oxygen atoms in total. The first-order valence-corrected chi connectivity index (χ1v) is 7.67. The van der Waals surface area contributed by atoms with Gasteiger partial charge in [-0.25, -0.2) is 0 Å². The highest BCUT2D eigenvalue weighted by atomic mass is 16.2. The number of hydrogen-bond donors (Lipinski definition) is 1. The molecule has 1 saturated heterocycles. The molecular weight excluding hydrogens is 278 g/mol. The van der Waals surface area contributed by atoms with E-state index in [1.54, 1.807) is 18.7 Å². The molecule has 0 atom stereocenters. The number of carbonyl (C=O) groups is 2. The Hall–Kier alpha value is -1.88. The quantitative estimate of drug-likeness (QED) is 0.865. The van der Waals surface area contributed by atoms with Crippen LogP contribution in [0.3, 0.4) is 0 Å². The summed E-state index contributed by atoms with van der Waals surface area (Å²) in [4.78, 5) is 29.2. The van der Waals surface area contributed by atoms with E-state index in [0.29, 0.717) is 13.1 Å². The molecule has 0 spiro atoms. The van der Waals surface area contributed by atoms with E-state index in [1.165, 1.54) is 0 Å². The Bertz CT molecular complexity index is 561. The van der Waals surface area contributed by atoms with E-state index in [-0.39, 0.29) is 11.8 Å². The molecule has 1 fully saturated rings. The summed E-state index contributed by atoms with van der Waals surface area (Å²) in [7, 11) is 2.04. The summed E-state index contributed by atoms with van der Waals surface area (Å²) in [5, 5.41) is 2.85. The lowest BCUT2D eigenvalue weighted by Crippen LogP contribution is -2.53. The molecule has 1 aromatic carbocycles. The van der Waals surface area contributed by atoms with Crippen LogP contribution in [0.5, 0.6) is 0 Å². The molecule has 1 aliphatic rings. The fourth-order valence-corrected chi connectivity index (χ4v) is 2.51. The molecule has 2 rings (SSSR count). The Morgan fingerprint density at radius 1 is 1.14 bits per heavy atom. The van der Waals surface area contributed by atoms with Crippen molar-refractivity contribution >= 4 is 17.5 Å². The van der Waals surface area contributed by atoms with Crippen molar-refractivity contribution in [3.05, 3.63) is 29.8 Å². The maximum atomic E-state index is 12.7. The average Bonchev–Trinajstić information content (AvgIpc) is 2.47. The summed E-state index contributed by atoms with van der Waals surface area (Å²) >= 11 is 0. The van der Waals surface area contributed by atoms with Crippen LogP contribution in [0.25, 0.3) is 0 Å². The lowest BCUT2D eigenvalue weighted by atomic mass is 9.89. The number of nitrogens with zero attached hydrogens (tertiary/aromatic N) is 2. The van der Waals surface area contributed by atoms with Crippen molar-refractivity contribution in [2.24, 2.45) is 5.41 Å². The van der Waals surface area contributed by atoms with Gasteiger partial charge in [-0.15, -0.1) is 0 Å². The monoisotopic (exact) mass is 303 g/mol. The summed E-state index contributed by atoms with van der Waals surface area (Å²) in [5.41, 5.74) is 0.727. The number of amides is 2. The molecule has 0 bridgehead atoms. The topological polar surface area (TPSA) is 52.7 Å². The third-order valence-corrected chi connectivity index (χ3v) is 4.17. The van der Waals surface area contributed by atoms with Crippen LogP contribution in [-0.2, 0) is 9.59 Å². The van der Waals surface area contributed by atoms with Crippen molar-refractivity contribution < 1.29 is 9.59 Å². The first-order valence-electron chi connectivity index (χ1n) is 7.67. The molecule has 0 saturated carbocycles. The average molecular weight is 303 g/mol. The Labute approximate surface area is 132 Å². The van der Waals surface area contributed by atoms with E-state index in [9.17, 15) is 9.59 Å². The predicted octanol–water partition coefficient (Wildman–Crippen LogP) is 1.73. The number of anilines is 1. The molecule has 0 unspecified atom stereocenters. The number of aryl methyl sites for hydroxylation is 1. The fraction of sp³-hybridized carbons (Fsp3) is 0.529. The molecule has 1 aliphatic heterocycles. The Kier molecular flexibility index (Phi) is 4.86. The zero-order chi connectivity index (χ0) is 16.3. The summed E-state index contributed by atoms with van der Waals surface area (Å²) in [5.74, 6) is -0.368. The van der Waals surface area contributed by atoms with Gasteiger partial charge in [0.05, 0.1) is 0 Å². The van der Waals surface area contributed by atoms with Gasteiger partial charge in [-0.3, -0.25) is 9.59 Å². The van der Waals surface area contributed by atoms with Gasteiger partial charge in [0.15, 0.2) is 0 Å². The van der Waals surface area contributed by atoms with Crippen LogP contribution in [0.1, 0.15) is 19.4 Å². The minimum atomic E-state index is -1.07. The molecule has 22 heavy (non-hydrogen) atoms. The first kappa shape index (κ1) is 16.5. The highest BCUT2D eigenvalue weighted by Gasteiger charge is 2.39. The van der Waals surface area contributed by atoms with Crippen molar-refractivity contribution in [2.75, 3.05) is 38.5 Å². The second-order valence-corrected chi connectivity index (χ2v) is 6.54. The molecule has 1 N–H and O–H groups in total. The van der Waals surface area contributed by atoms with Gasteiger partial charge in [0.2, 0.25) is 11.8 Å². The number of nitrogens with one attached hydrogen (secondary N) is 1. The number of piperazine rings is 1. The molecule has 1 aromatic rings. The first-order chi connectivity index (χ1) is 10.3. The normalized spacial score (nSPS) is 16.5. The van der Waals surface area contributed by atoms with Crippen molar-refractivity contribution in [2.45, 2.75) is 20.8 Å². The molecule has 0 aromatic heterocycles. The van der Waals surface area contributed by atoms with Crippen LogP contribution in [0.2, 0.25) is 0 Å². The van der Waals surface area contributed by atoms with Crippen LogP contribution in [0, 0.1) is 12.3 Å². The van der Waals surface area contributed by atoms with Crippen LogP contribution in [0.4, 0.5) is 5.69 Å². The minimum Gasteiger partial charge on any atom is -0.339 e. The molecule has 2 amide bonds. The van der Waals surface area contributed by atoms with Gasteiger partial charge in [-0.1, -0.05) is 12.1 Å². The zero-order valence-corrected chi connectivity index (χ0v) is 13.8. The Balaban J connectivity index is 2.05. The van der Waals surface area contributed by atoms with Gasteiger partial charge in [0.1, 0.15) is 5.41 Å². The van der Waals surface area contributed by atoms with Crippen molar-refractivity contribution in [1.82, 2.24) is 9.80 Å². The van der Waals surface area contributed by atoms with Crippen molar-refractivity contribution in [3.8, 4) is 0 Å². The molecule has 0 radical (unpaired) electrons. The van der Waals surface area contributed by atoms with E-state index in [1.807, 2.05) is 38.2 Å². The third-order valence-electron chi connectivity index (χ3n) is 4.17. The SMILES string of the molecule is Cc1cccc(NC(=O)C(C)(C)C(=O)N2CCN(C)CC2)c1. The van der Waals surface area contributed by atoms with E-state index >= 15 is 0 Å². The number of hydrogen-bond acceptors (Lipinski definition) is 3. The second-order valence-electron chi connectivity index (χ2n) is 6.54.